The van der Waals surface area contributed by atoms with Crippen LogP contribution in [0.5, 0.6) is 0 Å². The summed E-state index contributed by atoms with van der Waals surface area (Å²) < 4.78 is 7.85. The number of nitrogens with one attached hydrogen (secondary N) is 1. The number of aromatic nitrogens is 3. The van der Waals surface area contributed by atoms with E-state index < -0.39 is 12.0 Å². The third-order valence-electron chi connectivity index (χ3n) is 7.72. The van der Waals surface area contributed by atoms with Crippen LogP contribution in [0, 0.1) is 12.3 Å². The number of fused-ring (bicyclic) bond motifs is 2. The van der Waals surface area contributed by atoms with Crippen LogP contribution in [0.2, 0.25) is 0 Å². The standard InChI is InChI=1S/C29H39N5O3/c1-19-23-10-8-11-24(25(23)33(4)32-19)26(28(35)36)34-16-22(17-34)37-14-7-5-6-9-21-13-12-20-15-29(2,3)18-30-27(20)31-21/h8,10-13,22,26H,5-7,9,14-18H2,1-4H3,(H,30,31)(H,35,36). The lowest BCUT2D eigenvalue weighted by Gasteiger charge is -2.42. The SMILES string of the molecule is Cc1nn(C)c2c(C(C(=O)O)N3CC(OCCCCCc4ccc5c(n4)NCC(C)(C)C5)C3)cccc12. The highest BCUT2D eigenvalue weighted by molar-refractivity contribution is 5.89. The lowest BCUT2D eigenvalue weighted by molar-refractivity contribution is -0.150. The Labute approximate surface area is 219 Å². The number of para-hydroxylation sites is 1. The summed E-state index contributed by atoms with van der Waals surface area (Å²) in [5.74, 6) is 0.226. The van der Waals surface area contributed by atoms with Gasteiger partial charge in [0.15, 0.2) is 0 Å². The molecule has 8 heteroatoms. The molecule has 2 aliphatic rings. The van der Waals surface area contributed by atoms with E-state index in [0.29, 0.717) is 19.7 Å². The highest BCUT2D eigenvalue weighted by atomic mass is 16.5. The summed E-state index contributed by atoms with van der Waals surface area (Å²) in [7, 11) is 1.87. The summed E-state index contributed by atoms with van der Waals surface area (Å²) in [4.78, 5) is 19.1. The summed E-state index contributed by atoms with van der Waals surface area (Å²) in [6.45, 7) is 9.47. The average Bonchev–Trinajstić information content (AvgIpc) is 3.12. The molecule has 1 fully saturated rings. The smallest absolute Gasteiger partial charge is 0.325 e. The monoisotopic (exact) mass is 505 g/mol. The number of hydrogen-bond donors (Lipinski definition) is 2. The molecule has 4 heterocycles. The lowest BCUT2D eigenvalue weighted by atomic mass is 9.83. The van der Waals surface area contributed by atoms with E-state index in [0.717, 1.165) is 72.3 Å². The minimum atomic E-state index is -0.834. The Morgan fingerprint density at radius 1 is 1.22 bits per heavy atom. The van der Waals surface area contributed by atoms with Gasteiger partial charge < -0.3 is 15.2 Å². The van der Waals surface area contributed by atoms with Crippen molar-refractivity contribution in [1.29, 1.82) is 0 Å². The fraction of sp³-hybridized carbons (Fsp3) is 0.552. The number of carbonyl (C=O) groups is 1. The third kappa shape index (κ3) is 5.50. The van der Waals surface area contributed by atoms with Gasteiger partial charge in [-0.05, 0) is 49.7 Å². The van der Waals surface area contributed by atoms with E-state index >= 15 is 0 Å². The molecular formula is C29H39N5O3. The Bertz CT molecular complexity index is 1280. The molecular weight excluding hydrogens is 466 g/mol. The van der Waals surface area contributed by atoms with E-state index in [1.165, 1.54) is 5.56 Å². The normalized spacial score (nSPS) is 18.3. The van der Waals surface area contributed by atoms with Crippen LogP contribution in [0.15, 0.2) is 30.3 Å². The van der Waals surface area contributed by atoms with Gasteiger partial charge in [-0.1, -0.05) is 44.5 Å². The number of rotatable bonds is 10. The molecule has 1 saturated heterocycles. The van der Waals surface area contributed by atoms with Crippen molar-refractivity contribution in [3.05, 3.63) is 52.8 Å². The summed E-state index contributed by atoms with van der Waals surface area (Å²) >= 11 is 0. The number of nitrogens with zero attached hydrogens (tertiary/aromatic N) is 4. The molecule has 0 bridgehead atoms. The summed E-state index contributed by atoms with van der Waals surface area (Å²) in [5, 5.41) is 19.0. The van der Waals surface area contributed by atoms with Crippen molar-refractivity contribution in [2.24, 2.45) is 12.5 Å². The van der Waals surface area contributed by atoms with Crippen LogP contribution in [0.4, 0.5) is 5.82 Å². The molecule has 2 aliphatic heterocycles. The largest absolute Gasteiger partial charge is 0.480 e. The van der Waals surface area contributed by atoms with Crippen molar-refractivity contribution in [3.8, 4) is 0 Å². The minimum absolute atomic E-state index is 0.0898. The van der Waals surface area contributed by atoms with Gasteiger partial charge in [0.1, 0.15) is 11.9 Å². The third-order valence-corrected chi connectivity index (χ3v) is 7.72. The van der Waals surface area contributed by atoms with Crippen molar-refractivity contribution in [3.63, 3.8) is 0 Å². The van der Waals surface area contributed by atoms with Crippen molar-refractivity contribution >= 4 is 22.7 Å². The second-order valence-corrected chi connectivity index (χ2v) is 11.5. The number of benzene rings is 1. The Morgan fingerprint density at radius 3 is 2.81 bits per heavy atom. The predicted octanol–water partition coefficient (Wildman–Crippen LogP) is 4.51. The summed E-state index contributed by atoms with van der Waals surface area (Å²) in [5.41, 5.74) is 5.36. The molecule has 0 amide bonds. The zero-order chi connectivity index (χ0) is 26.2. The molecule has 198 valence electrons. The molecule has 0 spiro atoms. The fourth-order valence-corrected chi connectivity index (χ4v) is 5.74. The van der Waals surface area contributed by atoms with Crippen LogP contribution in [0.1, 0.15) is 61.7 Å². The Kier molecular flexibility index (Phi) is 7.23. The number of aliphatic carboxylic acids is 1. The van der Waals surface area contributed by atoms with Gasteiger partial charge in [0.2, 0.25) is 0 Å². The lowest BCUT2D eigenvalue weighted by Crippen LogP contribution is -2.55. The molecule has 3 aromatic rings. The van der Waals surface area contributed by atoms with Gasteiger partial charge in [0.05, 0.1) is 17.3 Å². The topological polar surface area (TPSA) is 92.5 Å². The maximum absolute atomic E-state index is 12.2. The number of anilines is 1. The Balaban J connectivity index is 1.05. The zero-order valence-electron chi connectivity index (χ0n) is 22.5. The van der Waals surface area contributed by atoms with Crippen molar-refractivity contribution < 1.29 is 14.6 Å². The van der Waals surface area contributed by atoms with E-state index in [1.807, 2.05) is 37.1 Å². The molecule has 0 aliphatic carbocycles. The van der Waals surface area contributed by atoms with Gasteiger partial charge in [-0.3, -0.25) is 14.4 Å². The Hall–Kier alpha value is -2.97. The number of likely N-dealkylation sites (tertiary alicyclic amines) is 1. The van der Waals surface area contributed by atoms with E-state index in [1.54, 1.807) is 4.68 Å². The van der Waals surface area contributed by atoms with E-state index in [-0.39, 0.29) is 11.5 Å². The predicted molar refractivity (Wildman–Crippen MR) is 145 cm³/mol. The van der Waals surface area contributed by atoms with Gasteiger partial charge in [0, 0.05) is 49.9 Å². The number of aryl methyl sites for hydroxylation is 3. The molecule has 1 atom stereocenters. The van der Waals surface area contributed by atoms with Gasteiger partial charge in [-0.25, -0.2) is 4.98 Å². The second kappa shape index (κ2) is 10.4. The van der Waals surface area contributed by atoms with Crippen LogP contribution in [0.3, 0.4) is 0 Å². The van der Waals surface area contributed by atoms with Crippen LogP contribution in [-0.2, 0) is 29.4 Å². The van der Waals surface area contributed by atoms with Crippen molar-refractivity contribution in [2.45, 2.75) is 65.0 Å². The quantitative estimate of drug-likeness (QED) is 0.392. The van der Waals surface area contributed by atoms with Gasteiger partial charge in [0.25, 0.3) is 0 Å². The number of carboxylic acids is 1. The zero-order valence-corrected chi connectivity index (χ0v) is 22.5. The average molecular weight is 506 g/mol. The first kappa shape index (κ1) is 25.7. The van der Waals surface area contributed by atoms with Crippen LogP contribution in [-0.4, -0.2) is 63.1 Å². The first-order valence-electron chi connectivity index (χ1n) is 13.5. The molecule has 1 aromatic carbocycles. The van der Waals surface area contributed by atoms with E-state index in [4.69, 9.17) is 9.72 Å². The van der Waals surface area contributed by atoms with E-state index in [9.17, 15) is 9.90 Å². The molecule has 1 unspecified atom stereocenters. The second-order valence-electron chi connectivity index (χ2n) is 11.5. The van der Waals surface area contributed by atoms with Gasteiger partial charge in [-0.2, -0.15) is 5.10 Å². The number of ether oxygens (including phenoxy) is 1. The van der Waals surface area contributed by atoms with Crippen LogP contribution < -0.4 is 5.32 Å². The number of hydrogen-bond acceptors (Lipinski definition) is 6. The maximum Gasteiger partial charge on any atom is 0.325 e. The van der Waals surface area contributed by atoms with Crippen molar-refractivity contribution in [2.75, 3.05) is 31.6 Å². The van der Waals surface area contributed by atoms with Gasteiger partial charge >= 0.3 is 5.97 Å². The fourth-order valence-electron chi connectivity index (χ4n) is 5.74. The number of carboxylic acid groups (broad SMARTS) is 1. The minimum Gasteiger partial charge on any atom is -0.480 e. The van der Waals surface area contributed by atoms with Gasteiger partial charge in [-0.15, -0.1) is 0 Å². The molecule has 0 saturated carbocycles. The molecule has 2 aromatic heterocycles. The molecule has 0 radical (unpaired) electrons. The highest BCUT2D eigenvalue weighted by Crippen LogP contribution is 2.33. The molecule has 8 nitrogen and oxygen atoms in total. The molecule has 37 heavy (non-hydrogen) atoms. The number of pyridine rings is 1. The molecule has 2 N–H and O–H groups in total. The van der Waals surface area contributed by atoms with E-state index in [2.05, 4.69) is 36.4 Å². The van der Waals surface area contributed by atoms with Crippen molar-refractivity contribution in [1.82, 2.24) is 19.7 Å². The summed E-state index contributed by atoms with van der Waals surface area (Å²) in [6.07, 6.45) is 5.33. The Morgan fingerprint density at radius 2 is 2.03 bits per heavy atom. The molecule has 5 rings (SSSR count). The van der Waals surface area contributed by atoms with Crippen LogP contribution >= 0.6 is 0 Å². The maximum atomic E-state index is 12.2. The van der Waals surface area contributed by atoms with Crippen LogP contribution in [0.25, 0.3) is 10.9 Å². The summed E-state index contributed by atoms with van der Waals surface area (Å²) in [6, 6.07) is 9.55. The highest BCUT2D eigenvalue weighted by Gasteiger charge is 2.39. The first-order valence-corrected chi connectivity index (χ1v) is 13.5. The number of unbranched alkanes of at least 4 members (excludes halogenated alkanes) is 2. The first-order chi connectivity index (χ1) is 17.7.